The van der Waals surface area contributed by atoms with Crippen molar-refractivity contribution >= 4 is 9.84 Å². The van der Waals surface area contributed by atoms with Crippen molar-refractivity contribution in [3.8, 4) is 0 Å². The molecule has 0 saturated carbocycles. The highest BCUT2D eigenvalue weighted by atomic mass is 32.2. The lowest BCUT2D eigenvalue weighted by atomic mass is 10.0. The molecule has 0 aliphatic carbocycles. The van der Waals surface area contributed by atoms with E-state index in [9.17, 15) is 8.42 Å². The normalized spacial score (nSPS) is 24.3. The molecule has 3 nitrogen and oxygen atoms in total. The summed E-state index contributed by atoms with van der Waals surface area (Å²) in [6.07, 6.45) is 5.09. The summed E-state index contributed by atoms with van der Waals surface area (Å²) in [5, 5.41) is 0. The van der Waals surface area contributed by atoms with Gasteiger partial charge in [-0.15, -0.1) is 0 Å². The fourth-order valence-corrected chi connectivity index (χ4v) is 2.64. The van der Waals surface area contributed by atoms with Crippen LogP contribution in [0.5, 0.6) is 0 Å². The van der Waals surface area contributed by atoms with E-state index in [2.05, 4.69) is 11.8 Å². The van der Waals surface area contributed by atoms with Crippen molar-refractivity contribution in [3.63, 3.8) is 0 Å². The van der Waals surface area contributed by atoms with Crippen molar-refractivity contribution in [1.29, 1.82) is 0 Å². The maximum Gasteiger partial charge on any atom is 0.148 e. The topological polar surface area (TPSA) is 37.4 Å². The van der Waals surface area contributed by atoms with E-state index in [1.807, 2.05) is 0 Å². The van der Waals surface area contributed by atoms with Crippen LogP contribution in [0.1, 0.15) is 26.2 Å². The van der Waals surface area contributed by atoms with Gasteiger partial charge in [-0.25, -0.2) is 8.42 Å². The van der Waals surface area contributed by atoms with Gasteiger partial charge in [-0.2, -0.15) is 0 Å². The third-order valence-electron chi connectivity index (χ3n) is 2.85. The Bertz CT molecular complexity index is 261. The summed E-state index contributed by atoms with van der Waals surface area (Å²) in [7, 11) is -2.78. The van der Waals surface area contributed by atoms with Crippen molar-refractivity contribution in [1.82, 2.24) is 4.90 Å². The van der Waals surface area contributed by atoms with Gasteiger partial charge in [0.2, 0.25) is 0 Å². The summed E-state index contributed by atoms with van der Waals surface area (Å²) in [5.41, 5.74) is 0. The zero-order chi connectivity index (χ0) is 10.6. The monoisotopic (exact) mass is 219 g/mol. The number of likely N-dealkylation sites (tertiary alicyclic amines) is 1. The van der Waals surface area contributed by atoms with Crippen LogP contribution < -0.4 is 0 Å². The molecule has 4 heteroatoms. The highest BCUT2D eigenvalue weighted by Crippen LogP contribution is 2.20. The summed E-state index contributed by atoms with van der Waals surface area (Å²) in [4.78, 5) is 2.28. The molecule has 1 aliphatic heterocycles. The minimum atomic E-state index is -2.78. The van der Waals surface area contributed by atoms with E-state index < -0.39 is 9.84 Å². The molecule has 1 aliphatic rings. The Morgan fingerprint density at radius 2 is 2.14 bits per heavy atom. The Hall–Kier alpha value is -0.0900. The Labute approximate surface area is 87.4 Å². The lowest BCUT2D eigenvalue weighted by molar-refractivity contribution is 0.338. The van der Waals surface area contributed by atoms with Gasteiger partial charge in [0, 0.05) is 19.3 Å². The quantitative estimate of drug-likeness (QED) is 0.696. The molecule has 14 heavy (non-hydrogen) atoms. The standard InChI is InChI=1S/C10H21NO2S/c1-3-4-10-5-6-11(9-10)7-8-14(2,12)13/h10H,3-9H2,1-2H3/t10-/m0/s1. The largest absolute Gasteiger partial charge is 0.302 e. The van der Waals surface area contributed by atoms with E-state index in [0.29, 0.717) is 5.75 Å². The first-order chi connectivity index (χ1) is 6.51. The van der Waals surface area contributed by atoms with Crippen molar-refractivity contribution in [3.05, 3.63) is 0 Å². The van der Waals surface area contributed by atoms with Crippen molar-refractivity contribution in [2.75, 3.05) is 31.6 Å². The maximum absolute atomic E-state index is 11.0. The summed E-state index contributed by atoms with van der Waals surface area (Å²) < 4.78 is 21.9. The first kappa shape index (κ1) is 12.0. The van der Waals surface area contributed by atoms with Crippen LogP contribution in [0.15, 0.2) is 0 Å². The predicted molar refractivity (Wildman–Crippen MR) is 59.2 cm³/mol. The lowest BCUT2D eigenvalue weighted by Gasteiger charge is -2.14. The van der Waals surface area contributed by atoms with Crippen LogP contribution in [0.3, 0.4) is 0 Å². The molecule has 0 amide bonds. The van der Waals surface area contributed by atoms with Gasteiger partial charge in [-0.05, 0) is 25.3 Å². The van der Waals surface area contributed by atoms with Crippen LogP contribution in [-0.2, 0) is 9.84 Å². The van der Waals surface area contributed by atoms with Gasteiger partial charge in [0.05, 0.1) is 5.75 Å². The van der Waals surface area contributed by atoms with Gasteiger partial charge < -0.3 is 4.90 Å². The molecular weight excluding hydrogens is 198 g/mol. The van der Waals surface area contributed by atoms with Crippen LogP contribution in [-0.4, -0.2) is 45.0 Å². The van der Waals surface area contributed by atoms with Crippen LogP contribution in [0, 0.1) is 5.92 Å². The molecule has 0 aromatic rings. The fraction of sp³-hybridized carbons (Fsp3) is 1.00. The SMILES string of the molecule is CCC[C@H]1CCN(CCS(C)(=O)=O)C1. The van der Waals surface area contributed by atoms with Gasteiger partial charge in [-0.3, -0.25) is 0 Å². The molecule has 84 valence electrons. The Kier molecular flexibility index (Phi) is 4.38. The van der Waals surface area contributed by atoms with Gasteiger partial charge in [0.1, 0.15) is 9.84 Å². The van der Waals surface area contributed by atoms with Gasteiger partial charge in [0.15, 0.2) is 0 Å². The first-order valence-electron chi connectivity index (χ1n) is 5.41. The van der Waals surface area contributed by atoms with E-state index in [1.54, 1.807) is 0 Å². The zero-order valence-electron chi connectivity index (χ0n) is 9.20. The summed E-state index contributed by atoms with van der Waals surface area (Å²) in [6, 6.07) is 0. The number of rotatable bonds is 5. The molecule has 1 fully saturated rings. The molecule has 0 radical (unpaired) electrons. The highest BCUT2D eigenvalue weighted by molar-refractivity contribution is 7.90. The van der Waals surface area contributed by atoms with Crippen molar-refractivity contribution < 1.29 is 8.42 Å². The Balaban J connectivity index is 2.23. The number of nitrogens with zero attached hydrogens (tertiary/aromatic N) is 1. The molecule has 0 unspecified atom stereocenters. The molecule has 1 heterocycles. The fourth-order valence-electron chi connectivity index (χ4n) is 2.05. The molecule has 0 spiro atoms. The summed E-state index contributed by atoms with van der Waals surface area (Å²) >= 11 is 0. The number of hydrogen-bond acceptors (Lipinski definition) is 3. The van der Waals surface area contributed by atoms with Gasteiger partial charge >= 0.3 is 0 Å². The van der Waals surface area contributed by atoms with E-state index in [4.69, 9.17) is 0 Å². The third-order valence-corrected chi connectivity index (χ3v) is 3.77. The average molecular weight is 219 g/mol. The molecule has 0 aromatic heterocycles. The minimum absolute atomic E-state index is 0.311. The van der Waals surface area contributed by atoms with E-state index in [1.165, 1.54) is 25.5 Å². The second-order valence-electron chi connectivity index (χ2n) is 4.37. The number of sulfone groups is 1. The molecule has 1 rings (SSSR count). The minimum Gasteiger partial charge on any atom is -0.302 e. The van der Waals surface area contributed by atoms with Crippen LogP contribution >= 0.6 is 0 Å². The van der Waals surface area contributed by atoms with Crippen LogP contribution in [0.25, 0.3) is 0 Å². The molecule has 0 N–H and O–H groups in total. The molecule has 0 bridgehead atoms. The first-order valence-corrected chi connectivity index (χ1v) is 7.47. The zero-order valence-corrected chi connectivity index (χ0v) is 10.0. The highest BCUT2D eigenvalue weighted by Gasteiger charge is 2.21. The lowest BCUT2D eigenvalue weighted by Crippen LogP contribution is -2.27. The maximum atomic E-state index is 11.0. The second-order valence-corrected chi connectivity index (χ2v) is 6.63. The van der Waals surface area contributed by atoms with Crippen molar-refractivity contribution in [2.45, 2.75) is 26.2 Å². The van der Waals surface area contributed by atoms with E-state index in [0.717, 1.165) is 25.6 Å². The number of hydrogen-bond donors (Lipinski definition) is 0. The van der Waals surface area contributed by atoms with E-state index >= 15 is 0 Å². The van der Waals surface area contributed by atoms with Gasteiger partial charge in [0.25, 0.3) is 0 Å². The summed E-state index contributed by atoms with van der Waals surface area (Å²) in [5.74, 6) is 1.12. The molecule has 1 atom stereocenters. The average Bonchev–Trinajstić information content (AvgIpc) is 2.49. The second kappa shape index (κ2) is 5.12. The predicted octanol–water partition coefficient (Wildman–Crippen LogP) is 1.15. The smallest absolute Gasteiger partial charge is 0.148 e. The van der Waals surface area contributed by atoms with Crippen LogP contribution in [0.4, 0.5) is 0 Å². The Morgan fingerprint density at radius 1 is 1.43 bits per heavy atom. The molecule has 0 aromatic carbocycles. The molecule has 1 saturated heterocycles. The van der Waals surface area contributed by atoms with Crippen molar-refractivity contribution in [2.24, 2.45) is 5.92 Å². The molecular formula is C10H21NO2S. The van der Waals surface area contributed by atoms with E-state index in [-0.39, 0.29) is 0 Å². The van der Waals surface area contributed by atoms with Crippen LogP contribution in [0.2, 0.25) is 0 Å². The third kappa shape index (κ3) is 4.42. The summed E-state index contributed by atoms with van der Waals surface area (Å²) in [6.45, 7) is 5.11. The Morgan fingerprint density at radius 3 is 2.71 bits per heavy atom. The van der Waals surface area contributed by atoms with Gasteiger partial charge in [-0.1, -0.05) is 13.3 Å².